The van der Waals surface area contributed by atoms with E-state index >= 15 is 0 Å². The molecule has 13 heteroatoms. The minimum atomic E-state index is -0.877. The van der Waals surface area contributed by atoms with Crippen LogP contribution in [0.25, 0.3) is 6.08 Å². The summed E-state index contributed by atoms with van der Waals surface area (Å²) in [5.74, 6) is -1.77. The van der Waals surface area contributed by atoms with Crippen LogP contribution >= 0.6 is 66.7 Å². The lowest BCUT2D eigenvalue weighted by atomic mass is 10.1. The Kier molecular flexibility index (Phi) is 9.03. The van der Waals surface area contributed by atoms with E-state index in [0.29, 0.717) is 46.6 Å². The molecule has 0 spiro atoms. The van der Waals surface area contributed by atoms with Gasteiger partial charge in [-0.1, -0.05) is 40.9 Å². The van der Waals surface area contributed by atoms with Crippen LogP contribution < -0.4 is 20.3 Å². The lowest BCUT2D eigenvalue weighted by molar-refractivity contribution is -0.122. The maximum absolute atomic E-state index is 13.2. The summed E-state index contributed by atoms with van der Waals surface area (Å²) in [7, 11) is 0. The van der Waals surface area contributed by atoms with Gasteiger partial charge in [-0.05, 0) is 98.5 Å². The van der Waals surface area contributed by atoms with Crippen molar-refractivity contribution < 1.29 is 23.9 Å². The van der Waals surface area contributed by atoms with E-state index in [0.717, 1.165) is 4.90 Å². The number of amides is 5. The van der Waals surface area contributed by atoms with Gasteiger partial charge >= 0.3 is 6.03 Å². The van der Waals surface area contributed by atoms with Crippen molar-refractivity contribution in [3.63, 3.8) is 0 Å². The number of anilines is 2. The summed E-state index contributed by atoms with van der Waals surface area (Å²) < 4.78 is 6.54. The van der Waals surface area contributed by atoms with Crippen LogP contribution in [-0.2, 0) is 14.4 Å². The van der Waals surface area contributed by atoms with Crippen LogP contribution in [-0.4, -0.2) is 30.4 Å². The first kappa shape index (κ1) is 29.1. The SMILES string of the molecule is Cc1c(Cl)cccc1N1C(=O)NC(=O)/C(=C/c2cc(Br)c(OCC(=O)Nc3ccc(Cl)c(Cl)c3)c(Br)c2)C1=O. The minimum Gasteiger partial charge on any atom is -0.481 e. The Morgan fingerprint density at radius 3 is 2.36 bits per heavy atom. The van der Waals surface area contributed by atoms with Gasteiger partial charge in [-0.25, -0.2) is 9.69 Å². The summed E-state index contributed by atoms with van der Waals surface area (Å²) in [6, 6.07) is 11.8. The lowest BCUT2D eigenvalue weighted by Gasteiger charge is -2.27. The molecule has 0 radical (unpaired) electrons. The van der Waals surface area contributed by atoms with E-state index in [4.69, 9.17) is 39.5 Å². The molecule has 5 amide bonds. The molecular weight excluding hydrogens is 700 g/mol. The summed E-state index contributed by atoms with van der Waals surface area (Å²) >= 11 is 24.8. The van der Waals surface area contributed by atoms with Gasteiger partial charge < -0.3 is 10.1 Å². The van der Waals surface area contributed by atoms with Crippen molar-refractivity contribution in [1.29, 1.82) is 0 Å². The van der Waals surface area contributed by atoms with E-state index in [9.17, 15) is 19.2 Å². The Morgan fingerprint density at radius 2 is 1.69 bits per heavy atom. The fraction of sp³-hybridized carbons (Fsp3) is 0.0769. The van der Waals surface area contributed by atoms with Crippen LogP contribution in [0.1, 0.15) is 11.1 Å². The van der Waals surface area contributed by atoms with Gasteiger partial charge in [0.15, 0.2) is 6.61 Å². The molecule has 1 fully saturated rings. The molecule has 200 valence electrons. The van der Waals surface area contributed by atoms with E-state index in [-0.39, 0.29) is 17.9 Å². The number of hydrogen-bond donors (Lipinski definition) is 2. The normalized spacial score (nSPS) is 14.5. The number of barbiturate groups is 1. The number of nitrogens with one attached hydrogen (secondary N) is 2. The zero-order chi connectivity index (χ0) is 28.4. The number of rotatable bonds is 6. The van der Waals surface area contributed by atoms with Gasteiger partial charge in [-0.3, -0.25) is 19.7 Å². The minimum absolute atomic E-state index is 0.258. The van der Waals surface area contributed by atoms with Crippen LogP contribution in [0, 0.1) is 6.92 Å². The van der Waals surface area contributed by atoms with Gasteiger partial charge in [-0.15, -0.1) is 0 Å². The topological polar surface area (TPSA) is 105 Å². The quantitative estimate of drug-likeness (QED) is 0.208. The molecule has 0 bridgehead atoms. The number of nitrogens with zero attached hydrogens (tertiary/aromatic N) is 1. The first-order chi connectivity index (χ1) is 18.5. The van der Waals surface area contributed by atoms with Crippen LogP contribution in [0.15, 0.2) is 63.0 Å². The van der Waals surface area contributed by atoms with E-state index in [2.05, 4.69) is 42.5 Å². The highest BCUT2D eigenvalue weighted by Crippen LogP contribution is 2.36. The van der Waals surface area contributed by atoms with Crippen molar-refractivity contribution in [2.75, 3.05) is 16.8 Å². The summed E-state index contributed by atoms with van der Waals surface area (Å²) in [6.07, 6.45) is 1.34. The highest BCUT2D eigenvalue weighted by Gasteiger charge is 2.37. The average Bonchev–Trinajstić information content (AvgIpc) is 2.86. The van der Waals surface area contributed by atoms with E-state index < -0.39 is 23.8 Å². The molecule has 1 aliphatic rings. The number of carbonyl (C=O) groups excluding carboxylic acids is 4. The smallest absolute Gasteiger partial charge is 0.335 e. The van der Waals surface area contributed by atoms with Crippen molar-refractivity contribution >= 4 is 108 Å². The highest BCUT2D eigenvalue weighted by atomic mass is 79.9. The third-order valence-corrected chi connectivity index (χ3v) is 7.79. The van der Waals surface area contributed by atoms with E-state index in [1.165, 1.54) is 12.1 Å². The van der Waals surface area contributed by atoms with Gasteiger partial charge in [0, 0.05) is 10.7 Å². The fourth-order valence-corrected chi connectivity index (χ4v) is 5.51. The molecule has 39 heavy (non-hydrogen) atoms. The molecule has 8 nitrogen and oxygen atoms in total. The first-order valence-electron chi connectivity index (χ1n) is 11.0. The van der Waals surface area contributed by atoms with Gasteiger partial charge in [0.05, 0.1) is 24.7 Å². The molecular formula is C26H16Br2Cl3N3O5. The van der Waals surface area contributed by atoms with Gasteiger partial charge in [0.25, 0.3) is 17.7 Å². The maximum atomic E-state index is 13.2. The Labute approximate surface area is 254 Å². The lowest BCUT2D eigenvalue weighted by Crippen LogP contribution is -2.54. The van der Waals surface area contributed by atoms with Crippen LogP contribution in [0.3, 0.4) is 0 Å². The zero-order valence-electron chi connectivity index (χ0n) is 19.8. The number of hydrogen-bond acceptors (Lipinski definition) is 5. The Hall–Kier alpha value is -2.89. The standard InChI is InChI=1S/C26H16Br2Cl3N3O5/c1-12-18(29)3-2-4-21(12)34-25(37)15(24(36)33-26(34)38)7-13-8-16(27)23(17(28)9-13)39-11-22(35)32-14-5-6-19(30)20(31)10-14/h2-10H,11H2,1H3,(H,32,35)(H,33,36,38)/b15-7-. The molecule has 4 rings (SSSR count). The number of benzene rings is 3. The summed E-state index contributed by atoms with van der Waals surface area (Å²) in [5.41, 5.74) is 1.40. The van der Waals surface area contributed by atoms with Crippen LogP contribution in [0.2, 0.25) is 15.1 Å². The molecule has 0 atom stereocenters. The van der Waals surface area contributed by atoms with Crippen molar-refractivity contribution in [2.24, 2.45) is 0 Å². The molecule has 3 aromatic carbocycles. The molecule has 1 heterocycles. The Bertz CT molecular complexity index is 1560. The predicted octanol–water partition coefficient (Wildman–Crippen LogP) is 7.16. The zero-order valence-corrected chi connectivity index (χ0v) is 25.2. The van der Waals surface area contributed by atoms with Gasteiger partial charge in [0.1, 0.15) is 11.3 Å². The first-order valence-corrected chi connectivity index (χ1v) is 13.7. The second-order valence-corrected chi connectivity index (χ2v) is 11.1. The fourth-order valence-electron chi connectivity index (χ4n) is 3.59. The van der Waals surface area contributed by atoms with Crippen molar-refractivity contribution in [3.05, 3.63) is 89.2 Å². The summed E-state index contributed by atoms with van der Waals surface area (Å²) in [4.78, 5) is 51.6. The Balaban J connectivity index is 1.53. The van der Waals surface area contributed by atoms with Gasteiger partial charge in [-0.2, -0.15) is 0 Å². The van der Waals surface area contributed by atoms with Gasteiger partial charge in [0.2, 0.25) is 0 Å². The third-order valence-electron chi connectivity index (χ3n) is 5.46. The molecule has 0 aliphatic carbocycles. The number of imide groups is 2. The molecule has 3 aromatic rings. The van der Waals surface area contributed by atoms with Crippen LogP contribution in [0.4, 0.5) is 16.2 Å². The van der Waals surface area contributed by atoms with Crippen molar-refractivity contribution in [1.82, 2.24) is 5.32 Å². The van der Waals surface area contributed by atoms with Crippen molar-refractivity contribution in [2.45, 2.75) is 6.92 Å². The molecule has 2 N–H and O–H groups in total. The summed E-state index contributed by atoms with van der Waals surface area (Å²) in [6.45, 7) is 1.34. The second kappa shape index (κ2) is 12.1. The number of urea groups is 1. The maximum Gasteiger partial charge on any atom is 0.335 e. The monoisotopic (exact) mass is 713 g/mol. The highest BCUT2D eigenvalue weighted by molar-refractivity contribution is 9.11. The largest absolute Gasteiger partial charge is 0.481 e. The Morgan fingerprint density at radius 1 is 1.00 bits per heavy atom. The third kappa shape index (κ3) is 6.47. The molecule has 1 aliphatic heterocycles. The number of halogens is 5. The number of ether oxygens (including phenoxy) is 1. The average molecular weight is 717 g/mol. The molecule has 0 aromatic heterocycles. The van der Waals surface area contributed by atoms with E-state index in [1.807, 2.05) is 0 Å². The second-order valence-electron chi connectivity index (χ2n) is 8.12. The van der Waals surface area contributed by atoms with Crippen LogP contribution in [0.5, 0.6) is 5.75 Å². The van der Waals surface area contributed by atoms with E-state index in [1.54, 1.807) is 49.4 Å². The number of carbonyl (C=O) groups is 4. The molecule has 0 saturated carbocycles. The molecule has 1 saturated heterocycles. The predicted molar refractivity (Wildman–Crippen MR) is 158 cm³/mol. The molecule has 0 unspecified atom stereocenters. The summed E-state index contributed by atoms with van der Waals surface area (Å²) in [5, 5.41) is 5.86. The van der Waals surface area contributed by atoms with Crippen molar-refractivity contribution in [3.8, 4) is 5.75 Å².